The number of nitrogens with one attached hydrogen (secondary N) is 1. The molecule has 2 heteroatoms. The first-order chi connectivity index (χ1) is 5.72. The Morgan fingerprint density at radius 2 is 2.25 bits per heavy atom. The van der Waals surface area contributed by atoms with E-state index in [-0.39, 0.29) is 0 Å². The minimum Gasteiger partial charge on any atom is -0.299 e. The Morgan fingerprint density at radius 3 is 2.67 bits per heavy atom. The molecule has 2 atom stereocenters. The average Bonchev–Trinajstić information content (AvgIpc) is 2.45. The second kappa shape index (κ2) is 4.52. The summed E-state index contributed by atoms with van der Waals surface area (Å²) in [4.78, 5) is 0.426. The van der Waals surface area contributed by atoms with E-state index in [0.29, 0.717) is 10.9 Å². The van der Waals surface area contributed by atoms with Crippen LogP contribution < -0.4 is 5.32 Å². The van der Waals surface area contributed by atoms with E-state index in [0.717, 1.165) is 0 Å². The maximum Gasteiger partial charge on any atom is 0.0645 e. The molecule has 1 saturated heterocycles. The molecule has 0 aromatic heterocycles. The molecule has 1 heterocycles. The molecule has 0 aromatic carbocycles. The lowest BCUT2D eigenvalue weighted by molar-refractivity contribution is 0.403. The van der Waals surface area contributed by atoms with E-state index in [4.69, 9.17) is 0 Å². The molecule has 0 aliphatic carbocycles. The fourth-order valence-corrected chi connectivity index (χ4v) is 3.23. The van der Waals surface area contributed by atoms with Gasteiger partial charge in [-0.2, -0.15) is 0 Å². The molecule has 2 unspecified atom stereocenters. The summed E-state index contributed by atoms with van der Waals surface area (Å²) in [7, 11) is 0. The summed E-state index contributed by atoms with van der Waals surface area (Å²) in [6.45, 7) is 6.86. The molecule has 1 fully saturated rings. The predicted octanol–water partition coefficient (Wildman–Crippen LogP) is 3.01. The van der Waals surface area contributed by atoms with Crippen molar-refractivity contribution in [2.24, 2.45) is 0 Å². The van der Waals surface area contributed by atoms with Gasteiger partial charge in [0.1, 0.15) is 0 Å². The summed E-state index contributed by atoms with van der Waals surface area (Å²) >= 11 is 2.13. The Kier molecular flexibility index (Phi) is 3.91. The fraction of sp³-hybridized carbons (Fsp3) is 1.00. The molecular formula is C10H21NS. The van der Waals surface area contributed by atoms with Gasteiger partial charge in [-0.3, -0.25) is 5.32 Å². The topological polar surface area (TPSA) is 12.0 Å². The van der Waals surface area contributed by atoms with Crippen molar-refractivity contribution in [3.63, 3.8) is 0 Å². The van der Waals surface area contributed by atoms with Crippen LogP contribution in [0.25, 0.3) is 0 Å². The van der Waals surface area contributed by atoms with Crippen LogP contribution in [0.15, 0.2) is 0 Å². The van der Waals surface area contributed by atoms with Gasteiger partial charge in [-0.1, -0.05) is 26.7 Å². The van der Waals surface area contributed by atoms with E-state index < -0.39 is 0 Å². The molecule has 1 N–H and O–H groups in total. The predicted molar refractivity (Wildman–Crippen MR) is 57.6 cm³/mol. The number of rotatable bonds is 4. The van der Waals surface area contributed by atoms with Gasteiger partial charge in [-0.25, -0.2) is 0 Å². The van der Waals surface area contributed by atoms with Gasteiger partial charge in [0.05, 0.1) is 4.87 Å². The lowest BCUT2D eigenvalue weighted by Crippen LogP contribution is -2.39. The number of hydrogen-bond donors (Lipinski definition) is 1. The van der Waals surface area contributed by atoms with Crippen molar-refractivity contribution in [2.45, 2.75) is 57.4 Å². The second-order valence-electron chi connectivity index (χ2n) is 3.81. The lowest BCUT2D eigenvalue weighted by atomic mass is 10.1. The Balaban J connectivity index is 2.41. The Hall–Kier alpha value is 0.310. The van der Waals surface area contributed by atoms with Crippen molar-refractivity contribution in [2.75, 3.05) is 5.75 Å². The van der Waals surface area contributed by atoms with Gasteiger partial charge in [0.25, 0.3) is 0 Å². The zero-order chi connectivity index (χ0) is 9.03. The highest BCUT2D eigenvalue weighted by molar-refractivity contribution is 8.00. The van der Waals surface area contributed by atoms with Crippen LogP contribution in [0.1, 0.15) is 46.5 Å². The van der Waals surface area contributed by atoms with Crippen LogP contribution in [-0.4, -0.2) is 16.7 Å². The third kappa shape index (κ3) is 2.40. The molecule has 0 amide bonds. The lowest BCUT2D eigenvalue weighted by Gasteiger charge is -2.27. The van der Waals surface area contributed by atoms with Crippen LogP contribution >= 0.6 is 11.8 Å². The Morgan fingerprint density at radius 1 is 1.50 bits per heavy atom. The Bertz CT molecular complexity index is 138. The third-order valence-electron chi connectivity index (χ3n) is 2.62. The van der Waals surface area contributed by atoms with Gasteiger partial charge in [0.15, 0.2) is 0 Å². The van der Waals surface area contributed by atoms with Crippen LogP contribution in [0.2, 0.25) is 0 Å². The van der Waals surface area contributed by atoms with Crippen molar-refractivity contribution in [3.05, 3.63) is 0 Å². The summed E-state index contributed by atoms with van der Waals surface area (Å²) in [5.74, 6) is 1.29. The summed E-state index contributed by atoms with van der Waals surface area (Å²) in [6.07, 6.45) is 5.29. The third-order valence-corrected chi connectivity index (χ3v) is 4.45. The van der Waals surface area contributed by atoms with E-state index in [2.05, 4.69) is 37.8 Å². The SMILES string of the molecule is CCCCC1(CC)NC(C)CS1. The molecule has 0 bridgehead atoms. The minimum atomic E-state index is 0.426. The highest BCUT2D eigenvalue weighted by atomic mass is 32.2. The Labute approximate surface area is 80.7 Å². The van der Waals surface area contributed by atoms with Crippen molar-refractivity contribution >= 4 is 11.8 Å². The standard InChI is InChI=1S/C10H21NS/c1-4-6-7-10(5-2)11-9(3)8-12-10/h9,11H,4-8H2,1-3H3. The quantitative estimate of drug-likeness (QED) is 0.726. The summed E-state index contributed by atoms with van der Waals surface area (Å²) in [5, 5.41) is 3.71. The summed E-state index contributed by atoms with van der Waals surface area (Å²) in [5.41, 5.74) is 0. The van der Waals surface area contributed by atoms with E-state index >= 15 is 0 Å². The van der Waals surface area contributed by atoms with Gasteiger partial charge in [-0.05, 0) is 19.8 Å². The van der Waals surface area contributed by atoms with Gasteiger partial charge >= 0.3 is 0 Å². The van der Waals surface area contributed by atoms with Crippen molar-refractivity contribution < 1.29 is 0 Å². The summed E-state index contributed by atoms with van der Waals surface area (Å²) < 4.78 is 0. The zero-order valence-corrected chi connectivity index (χ0v) is 9.34. The van der Waals surface area contributed by atoms with Crippen LogP contribution in [0, 0.1) is 0 Å². The summed E-state index contributed by atoms with van der Waals surface area (Å²) in [6, 6.07) is 0.715. The van der Waals surface area contributed by atoms with Crippen molar-refractivity contribution in [3.8, 4) is 0 Å². The smallest absolute Gasteiger partial charge is 0.0645 e. The van der Waals surface area contributed by atoms with E-state index in [1.807, 2.05) is 0 Å². The first-order valence-electron chi connectivity index (χ1n) is 5.14. The number of thioether (sulfide) groups is 1. The molecule has 1 aliphatic rings. The maximum atomic E-state index is 3.71. The van der Waals surface area contributed by atoms with E-state index in [1.54, 1.807) is 0 Å². The largest absolute Gasteiger partial charge is 0.299 e. The maximum absolute atomic E-state index is 3.71. The highest BCUT2D eigenvalue weighted by Gasteiger charge is 2.34. The first kappa shape index (κ1) is 10.4. The van der Waals surface area contributed by atoms with Gasteiger partial charge in [0.2, 0.25) is 0 Å². The van der Waals surface area contributed by atoms with Crippen LogP contribution in [-0.2, 0) is 0 Å². The molecule has 1 aliphatic heterocycles. The molecule has 1 nitrogen and oxygen atoms in total. The molecule has 0 saturated carbocycles. The number of hydrogen-bond acceptors (Lipinski definition) is 2. The second-order valence-corrected chi connectivity index (χ2v) is 5.21. The molecule has 0 radical (unpaired) electrons. The van der Waals surface area contributed by atoms with Crippen LogP contribution in [0.4, 0.5) is 0 Å². The number of unbranched alkanes of at least 4 members (excludes halogenated alkanes) is 1. The molecule has 72 valence electrons. The molecular weight excluding hydrogens is 166 g/mol. The van der Waals surface area contributed by atoms with Crippen LogP contribution in [0.3, 0.4) is 0 Å². The first-order valence-corrected chi connectivity index (χ1v) is 6.12. The van der Waals surface area contributed by atoms with Crippen molar-refractivity contribution in [1.82, 2.24) is 5.32 Å². The fourth-order valence-electron chi connectivity index (χ4n) is 1.80. The molecule has 1 rings (SSSR count). The minimum absolute atomic E-state index is 0.426. The van der Waals surface area contributed by atoms with Crippen molar-refractivity contribution in [1.29, 1.82) is 0 Å². The van der Waals surface area contributed by atoms with E-state index in [1.165, 1.54) is 31.4 Å². The van der Waals surface area contributed by atoms with Gasteiger partial charge in [0, 0.05) is 11.8 Å². The monoisotopic (exact) mass is 187 g/mol. The van der Waals surface area contributed by atoms with E-state index in [9.17, 15) is 0 Å². The molecule has 0 spiro atoms. The van der Waals surface area contributed by atoms with Gasteiger partial charge in [-0.15, -0.1) is 11.8 Å². The molecule has 12 heavy (non-hydrogen) atoms. The van der Waals surface area contributed by atoms with Gasteiger partial charge < -0.3 is 0 Å². The molecule has 0 aromatic rings. The average molecular weight is 187 g/mol. The normalized spacial score (nSPS) is 35.8. The zero-order valence-electron chi connectivity index (χ0n) is 8.52. The van der Waals surface area contributed by atoms with Crippen LogP contribution in [0.5, 0.6) is 0 Å². The highest BCUT2D eigenvalue weighted by Crippen LogP contribution is 2.37.